The van der Waals surface area contributed by atoms with E-state index in [2.05, 4.69) is 60.7 Å². The molecule has 0 atom stereocenters. The first-order chi connectivity index (χ1) is 9.40. The van der Waals surface area contributed by atoms with Gasteiger partial charge in [0.25, 0.3) is 0 Å². The van der Waals surface area contributed by atoms with E-state index in [0.717, 1.165) is 24.4 Å². The van der Waals surface area contributed by atoms with Crippen LogP contribution in [0.4, 0.5) is 0 Å². The Bertz CT molecular complexity index is 707. The van der Waals surface area contributed by atoms with Gasteiger partial charge in [-0.15, -0.1) is 0 Å². The fraction of sp³-hybridized carbons (Fsp3) is 0.111. The molecule has 0 radical (unpaired) electrons. The van der Waals surface area contributed by atoms with Crippen molar-refractivity contribution in [3.05, 3.63) is 76.6 Å². The van der Waals surface area contributed by atoms with Crippen molar-refractivity contribution in [3.63, 3.8) is 0 Å². The van der Waals surface area contributed by atoms with E-state index in [9.17, 15) is 0 Å². The molecule has 0 saturated heterocycles. The summed E-state index contributed by atoms with van der Waals surface area (Å²) in [5, 5.41) is 0. The van der Waals surface area contributed by atoms with Crippen molar-refractivity contribution in [1.29, 1.82) is 0 Å². The van der Waals surface area contributed by atoms with E-state index in [1.54, 1.807) is 0 Å². The number of hydrogen-bond donors (Lipinski definition) is 0. The van der Waals surface area contributed by atoms with Gasteiger partial charge in [0.05, 0.1) is 0 Å². The van der Waals surface area contributed by atoms with E-state index in [1.165, 1.54) is 22.3 Å². The van der Waals surface area contributed by atoms with Crippen LogP contribution in [0.15, 0.2) is 54.3 Å². The van der Waals surface area contributed by atoms with E-state index < -0.39 is 0 Å². The minimum absolute atomic E-state index is 0.892. The normalized spacial score (nSPS) is 15.1. The molecule has 1 heteroatoms. The first-order valence-corrected chi connectivity index (χ1v) is 6.65. The highest BCUT2D eigenvalue weighted by Crippen LogP contribution is 2.33. The molecule has 0 unspecified atom stereocenters. The summed E-state index contributed by atoms with van der Waals surface area (Å²) in [4.78, 5) is 0. The smallest absolute Gasteiger partial charge is 0.134 e. The fourth-order valence-corrected chi connectivity index (χ4v) is 2.80. The molecule has 0 heterocycles. The number of fused-ring (bicyclic) bond motifs is 2. The fourth-order valence-electron chi connectivity index (χ4n) is 2.80. The molecular formula is C18H14O. The van der Waals surface area contributed by atoms with Crippen LogP contribution in [0.2, 0.25) is 0 Å². The van der Waals surface area contributed by atoms with Gasteiger partial charge >= 0.3 is 0 Å². The third kappa shape index (κ3) is 1.78. The Labute approximate surface area is 112 Å². The summed E-state index contributed by atoms with van der Waals surface area (Å²) >= 11 is 0. The van der Waals surface area contributed by atoms with Crippen molar-refractivity contribution in [2.45, 2.75) is 12.8 Å². The van der Waals surface area contributed by atoms with Gasteiger partial charge in [-0.3, -0.25) is 0 Å². The summed E-state index contributed by atoms with van der Waals surface area (Å²) in [5.41, 5.74) is 5.22. The van der Waals surface area contributed by atoms with Crippen LogP contribution in [-0.2, 0) is 12.8 Å². The molecule has 0 spiro atoms. The molecule has 0 amide bonds. The molecule has 4 rings (SSSR count). The van der Waals surface area contributed by atoms with Crippen LogP contribution < -0.4 is 4.74 Å². The Morgan fingerprint density at radius 2 is 1.79 bits per heavy atom. The Hall–Kier alpha value is -2.28. The lowest BCUT2D eigenvalue weighted by Crippen LogP contribution is -1.97. The number of benzene rings is 2. The largest absolute Gasteiger partial charge is 0.461 e. The molecule has 1 nitrogen and oxygen atoms in total. The summed E-state index contributed by atoms with van der Waals surface area (Å²) in [6.07, 6.45) is 8.41. The van der Waals surface area contributed by atoms with E-state index in [0.29, 0.717) is 0 Å². The second kappa shape index (κ2) is 4.13. The molecule has 0 N–H and O–H groups in total. The quantitative estimate of drug-likeness (QED) is 0.770. The van der Waals surface area contributed by atoms with Crippen LogP contribution in [-0.4, -0.2) is 0 Å². The zero-order chi connectivity index (χ0) is 12.7. The van der Waals surface area contributed by atoms with E-state index in [-0.39, 0.29) is 0 Å². The predicted molar refractivity (Wildman–Crippen MR) is 77.9 cm³/mol. The van der Waals surface area contributed by atoms with E-state index >= 15 is 0 Å². The van der Waals surface area contributed by atoms with Crippen molar-refractivity contribution >= 4 is 12.2 Å². The minimum Gasteiger partial charge on any atom is -0.461 e. The number of rotatable bonds is 2. The topological polar surface area (TPSA) is 9.23 Å². The molecule has 19 heavy (non-hydrogen) atoms. The molecule has 0 bridgehead atoms. The Morgan fingerprint density at radius 1 is 0.895 bits per heavy atom. The van der Waals surface area contributed by atoms with Gasteiger partial charge in [0, 0.05) is 12.0 Å². The van der Waals surface area contributed by atoms with Crippen LogP contribution in [0.3, 0.4) is 0 Å². The lowest BCUT2D eigenvalue weighted by atomic mass is 10.1. The summed E-state index contributed by atoms with van der Waals surface area (Å²) < 4.78 is 6.11. The molecule has 2 aliphatic carbocycles. The Morgan fingerprint density at radius 3 is 2.74 bits per heavy atom. The molecule has 0 saturated carbocycles. The number of hydrogen-bond acceptors (Lipinski definition) is 1. The maximum absolute atomic E-state index is 6.11. The van der Waals surface area contributed by atoms with Crippen molar-refractivity contribution in [2.24, 2.45) is 0 Å². The van der Waals surface area contributed by atoms with Crippen molar-refractivity contribution < 1.29 is 4.74 Å². The van der Waals surface area contributed by atoms with Gasteiger partial charge in [-0.05, 0) is 35.3 Å². The summed E-state index contributed by atoms with van der Waals surface area (Å²) in [6, 6.07) is 14.8. The lowest BCUT2D eigenvalue weighted by Gasteiger charge is -2.10. The van der Waals surface area contributed by atoms with Crippen LogP contribution in [0.5, 0.6) is 5.75 Å². The van der Waals surface area contributed by atoms with Crippen molar-refractivity contribution in [3.8, 4) is 5.75 Å². The minimum atomic E-state index is 0.892. The van der Waals surface area contributed by atoms with Crippen LogP contribution >= 0.6 is 0 Å². The van der Waals surface area contributed by atoms with Gasteiger partial charge in [0.2, 0.25) is 0 Å². The highest BCUT2D eigenvalue weighted by Gasteiger charge is 2.16. The van der Waals surface area contributed by atoms with E-state index in [1.807, 2.05) is 0 Å². The summed E-state index contributed by atoms with van der Waals surface area (Å²) in [7, 11) is 0. The number of allylic oxidation sites excluding steroid dienone is 2. The first-order valence-electron chi connectivity index (χ1n) is 6.65. The van der Waals surface area contributed by atoms with Gasteiger partial charge in [-0.1, -0.05) is 48.6 Å². The van der Waals surface area contributed by atoms with Gasteiger partial charge in [-0.25, -0.2) is 0 Å². The first kappa shape index (κ1) is 10.6. The standard InChI is InChI=1S/C18H14O/c1-2-6-15-12-16(11-14(15)5-1)19-18-10-4-8-13-7-3-9-17(13)18/h1-6,8-11H,7,12H2. The molecule has 2 aliphatic rings. The van der Waals surface area contributed by atoms with Gasteiger partial charge in [-0.2, -0.15) is 0 Å². The monoisotopic (exact) mass is 246 g/mol. The van der Waals surface area contributed by atoms with Crippen molar-refractivity contribution in [2.75, 3.05) is 0 Å². The SMILES string of the molecule is C1=Cc2c(cccc2OC2=Cc3ccccc3C2)C1. The second-order valence-corrected chi connectivity index (χ2v) is 5.02. The highest BCUT2D eigenvalue weighted by molar-refractivity contribution is 5.68. The summed E-state index contributed by atoms with van der Waals surface area (Å²) in [5.74, 6) is 2.01. The molecule has 0 aromatic heterocycles. The van der Waals surface area contributed by atoms with Gasteiger partial charge in [0.1, 0.15) is 11.5 Å². The molecule has 92 valence electrons. The molecule has 0 fully saturated rings. The average Bonchev–Trinajstić information content (AvgIpc) is 3.04. The Kier molecular flexibility index (Phi) is 2.31. The predicted octanol–water partition coefficient (Wildman–Crippen LogP) is 4.23. The maximum atomic E-state index is 6.11. The number of ether oxygens (including phenoxy) is 1. The zero-order valence-electron chi connectivity index (χ0n) is 10.6. The molecule has 2 aromatic carbocycles. The average molecular weight is 246 g/mol. The van der Waals surface area contributed by atoms with E-state index in [4.69, 9.17) is 4.74 Å². The zero-order valence-corrected chi connectivity index (χ0v) is 10.6. The molecular weight excluding hydrogens is 232 g/mol. The van der Waals surface area contributed by atoms with Crippen LogP contribution in [0.25, 0.3) is 12.2 Å². The van der Waals surface area contributed by atoms with Crippen molar-refractivity contribution in [1.82, 2.24) is 0 Å². The highest BCUT2D eigenvalue weighted by atomic mass is 16.5. The maximum Gasteiger partial charge on any atom is 0.134 e. The van der Waals surface area contributed by atoms with Gasteiger partial charge in [0.15, 0.2) is 0 Å². The van der Waals surface area contributed by atoms with Crippen LogP contribution in [0.1, 0.15) is 22.3 Å². The molecule has 2 aromatic rings. The van der Waals surface area contributed by atoms with Crippen LogP contribution in [0, 0.1) is 0 Å². The summed E-state index contributed by atoms with van der Waals surface area (Å²) in [6.45, 7) is 0. The van der Waals surface area contributed by atoms with Gasteiger partial charge < -0.3 is 4.74 Å². The third-order valence-corrected chi connectivity index (χ3v) is 3.76. The lowest BCUT2D eigenvalue weighted by molar-refractivity contribution is 0.420. The Balaban J connectivity index is 1.65. The molecule has 0 aliphatic heterocycles. The second-order valence-electron chi connectivity index (χ2n) is 5.02. The third-order valence-electron chi connectivity index (χ3n) is 3.76.